The lowest BCUT2D eigenvalue weighted by atomic mass is 9.66. The Morgan fingerprint density at radius 2 is 2.07 bits per heavy atom. The van der Waals surface area contributed by atoms with Gasteiger partial charge in [0.2, 0.25) is 23.2 Å². The number of fused-ring (bicyclic) bond motifs is 5. The maximum absolute atomic E-state index is 13.1. The van der Waals surface area contributed by atoms with E-state index in [1.54, 1.807) is 4.90 Å². The molecule has 30 heavy (non-hydrogen) atoms. The number of rotatable bonds is 3. The standard InChI is InChI=1S/C22H28N4O4/c1-3-21-12-24(4-2)10-9-22(21,30)17-7-5-14-16(26(17)13-21)11-25(20(14)29)15-6-8-18(27)23-19(15)28/h5,7,15,30H,3-4,6,8-13H2,1-2H3/p+1. The van der Waals surface area contributed by atoms with Crippen LogP contribution < -0.4 is 9.88 Å². The van der Waals surface area contributed by atoms with E-state index in [1.807, 2.05) is 12.1 Å². The van der Waals surface area contributed by atoms with E-state index in [0.29, 0.717) is 31.5 Å². The van der Waals surface area contributed by atoms with Crippen LogP contribution in [0.25, 0.3) is 0 Å². The number of carbonyl (C=O) groups excluding carboxylic acids is 3. The molecule has 0 saturated carbocycles. The van der Waals surface area contributed by atoms with E-state index >= 15 is 0 Å². The van der Waals surface area contributed by atoms with Gasteiger partial charge in [0, 0.05) is 25.6 Å². The number of aliphatic hydroxyl groups is 1. The van der Waals surface area contributed by atoms with E-state index in [0.717, 1.165) is 37.4 Å². The Hall–Kier alpha value is -2.32. The number of nitrogens with zero attached hydrogens (tertiary/aromatic N) is 3. The highest BCUT2D eigenvalue weighted by Crippen LogP contribution is 2.52. The Balaban J connectivity index is 1.52. The Morgan fingerprint density at radius 3 is 2.77 bits per heavy atom. The molecule has 0 radical (unpaired) electrons. The zero-order valence-corrected chi connectivity index (χ0v) is 17.6. The van der Waals surface area contributed by atoms with Crippen LogP contribution in [0.5, 0.6) is 0 Å². The van der Waals surface area contributed by atoms with Gasteiger partial charge in [-0.25, -0.2) is 0 Å². The first-order chi connectivity index (χ1) is 14.3. The predicted molar refractivity (Wildman–Crippen MR) is 106 cm³/mol. The first-order valence-electron chi connectivity index (χ1n) is 11.0. The molecule has 0 aliphatic carbocycles. The van der Waals surface area contributed by atoms with E-state index in [2.05, 4.69) is 28.6 Å². The van der Waals surface area contributed by atoms with Gasteiger partial charge in [-0.2, -0.15) is 4.57 Å². The number of hydrogen-bond donors (Lipinski definition) is 2. The highest BCUT2D eigenvalue weighted by atomic mass is 16.3. The number of amides is 3. The molecule has 3 atom stereocenters. The Labute approximate surface area is 175 Å². The van der Waals surface area contributed by atoms with E-state index < -0.39 is 17.6 Å². The van der Waals surface area contributed by atoms with Crippen molar-refractivity contribution in [2.75, 3.05) is 19.6 Å². The maximum Gasteiger partial charge on any atom is 0.261 e. The zero-order chi connectivity index (χ0) is 21.3. The molecule has 5 heterocycles. The SMILES string of the molecule is CCN1CCC2(O)c3ccc4c([n+]3CC2(CC)C1)CN(C1CCC(=O)NC1=O)C4=O. The minimum absolute atomic E-state index is 0.169. The fourth-order valence-electron chi connectivity index (χ4n) is 6.06. The molecule has 2 N–H and O–H groups in total. The van der Waals surface area contributed by atoms with Crippen molar-refractivity contribution >= 4 is 17.7 Å². The summed E-state index contributed by atoms with van der Waals surface area (Å²) in [4.78, 5) is 41.0. The minimum atomic E-state index is -0.909. The third-order valence-corrected chi connectivity index (χ3v) is 7.94. The van der Waals surface area contributed by atoms with Gasteiger partial charge in [0.1, 0.15) is 18.2 Å². The van der Waals surface area contributed by atoms with Crippen LogP contribution in [0.1, 0.15) is 61.3 Å². The molecule has 0 aromatic carbocycles. The molecule has 1 aromatic rings. The summed E-state index contributed by atoms with van der Waals surface area (Å²) in [5.41, 5.74) is 1.17. The molecule has 4 aliphatic rings. The molecular weight excluding hydrogens is 384 g/mol. The summed E-state index contributed by atoms with van der Waals surface area (Å²) in [5, 5.41) is 14.2. The topological polar surface area (TPSA) is 93.8 Å². The lowest BCUT2D eigenvalue weighted by Crippen LogP contribution is -2.56. The highest BCUT2D eigenvalue weighted by molar-refractivity contribution is 6.05. The zero-order valence-electron chi connectivity index (χ0n) is 17.6. The van der Waals surface area contributed by atoms with Crippen LogP contribution in [0.3, 0.4) is 0 Å². The summed E-state index contributed by atoms with van der Waals surface area (Å²) in [6.07, 6.45) is 2.12. The van der Waals surface area contributed by atoms with Gasteiger partial charge in [-0.1, -0.05) is 13.8 Å². The van der Waals surface area contributed by atoms with E-state index in [-0.39, 0.29) is 23.7 Å². The van der Waals surface area contributed by atoms with Crippen molar-refractivity contribution in [3.63, 3.8) is 0 Å². The molecule has 2 saturated heterocycles. The number of piperidine rings is 2. The molecule has 3 unspecified atom stereocenters. The summed E-state index contributed by atoms with van der Waals surface area (Å²) in [6.45, 7) is 7.94. The quantitative estimate of drug-likeness (QED) is 0.540. The molecule has 0 spiro atoms. The highest BCUT2D eigenvalue weighted by Gasteiger charge is 2.65. The summed E-state index contributed by atoms with van der Waals surface area (Å²) in [5.74, 6) is -0.852. The Kier molecular flexibility index (Phi) is 4.31. The van der Waals surface area contributed by atoms with Gasteiger partial charge >= 0.3 is 0 Å². The van der Waals surface area contributed by atoms with E-state index in [9.17, 15) is 19.5 Å². The summed E-state index contributed by atoms with van der Waals surface area (Å²) in [6, 6.07) is 3.09. The third kappa shape index (κ3) is 2.46. The van der Waals surface area contributed by atoms with Crippen molar-refractivity contribution in [3.8, 4) is 0 Å². The van der Waals surface area contributed by atoms with Crippen LogP contribution in [0.4, 0.5) is 0 Å². The number of likely N-dealkylation sites (tertiary alicyclic amines) is 1. The van der Waals surface area contributed by atoms with Crippen LogP contribution in [0.15, 0.2) is 12.1 Å². The van der Waals surface area contributed by atoms with Crippen molar-refractivity contribution < 1.29 is 24.1 Å². The first-order valence-corrected chi connectivity index (χ1v) is 11.0. The van der Waals surface area contributed by atoms with Crippen LogP contribution in [-0.4, -0.2) is 58.3 Å². The molecule has 8 nitrogen and oxygen atoms in total. The van der Waals surface area contributed by atoms with Crippen molar-refractivity contribution in [3.05, 3.63) is 29.1 Å². The molecule has 2 fully saturated rings. The number of imide groups is 1. The summed E-state index contributed by atoms with van der Waals surface area (Å²) >= 11 is 0. The second kappa shape index (κ2) is 6.59. The number of aromatic nitrogens is 1. The molecular formula is C22H29N4O4+. The van der Waals surface area contributed by atoms with Crippen LogP contribution in [0.2, 0.25) is 0 Å². The van der Waals surface area contributed by atoms with Crippen LogP contribution >= 0.6 is 0 Å². The number of hydrogen-bond acceptors (Lipinski definition) is 5. The Morgan fingerprint density at radius 1 is 1.27 bits per heavy atom. The molecule has 1 aromatic heterocycles. The van der Waals surface area contributed by atoms with Crippen molar-refractivity contribution in [1.82, 2.24) is 15.1 Å². The van der Waals surface area contributed by atoms with E-state index in [1.165, 1.54) is 0 Å². The fourth-order valence-corrected chi connectivity index (χ4v) is 6.06. The van der Waals surface area contributed by atoms with Gasteiger partial charge in [0.05, 0.1) is 5.41 Å². The molecule has 0 bridgehead atoms. The van der Waals surface area contributed by atoms with E-state index in [4.69, 9.17) is 0 Å². The molecule has 4 aliphatic heterocycles. The average molecular weight is 413 g/mol. The first kappa shape index (κ1) is 19.6. The Bertz CT molecular complexity index is 963. The second-order valence-corrected chi connectivity index (χ2v) is 9.18. The van der Waals surface area contributed by atoms with Gasteiger partial charge in [0.15, 0.2) is 12.1 Å². The molecule has 5 rings (SSSR count). The monoisotopic (exact) mass is 413 g/mol. The normalized spacial score (nSPS) is 33.4. The molecule has 8 heteroatoms. The summed E-state index contributed by atoms with van der Waals surface area (Å²) < 4.78 is 2.14. The maximum atomic E-state index is 13.1. The second-order valence-electron chi connectivity index (χ2n) is 9.18. The van der Waals surface area contributed by atoms with Crippen molar-refractivity contribution in [2.24, 2.45) is 5.41 Å². The van der Waals surface area contributed by atoms with Crippen molar-refractivity contribution in [1.29, 1.82) is 0 Å². The molecule has 3 amide bonds. The largest absolute Gasteiger partial charge is 0.378 e. The van der Waals surface area contributed by atoms with Gasteiger partial charge in [-0.3, -0.25) is 19.7 Å². The number of nitrogens with one attached hydrogen (secondary N) is 1. The van der Waals surface area contributed by atoms with Gasteiger partial charge in [-0.05, 0) is 31.9 Å². The predicted octanol–water partition coefficient (Wildman–Crippen LogP) is 0.0583. The minimum Gasteiger partial charge on any atom is -0.378 e. The number of carbonyl (C=O) groups is 3. The van der Waals surface area contributed by atoms with Gasteiger partial charge in [0.25, 0.3) is 5.91 Å². The lowest BCUT2D eigenvalue weighted by molar-refractivity contribution is -0.706. The smallest absolute Gasteiger partial charge is 0.261 e. The third-order valence-electron chi connectivity index (χ3n) is 7.94. The molecule has 160 valence electrons. The van der Waals surface area contributed by atoms with Gasteiger partial charge in [-0.15, -0.1) is 0 Å². The fraction of sp³-hybridized carbons (Fsp3) is 0.636. The number of pyridine rings is 1. The summed E-state index contributed by atoms with van der Waals surface area (Å²) in [7, 11) is 0. The van der Waals surface area contributed by atoms with Crippen LogP contribution in [-0.2, 0) is 28.3 Å². The lowest BCUT2D eigenvalue weighted by Gasteiger charge is -2.46. The average Bonchev–Trinajstić information content (AvgIpc) is 3.20. The van der Waals surface area contributed by atoms with Gasteiger partial charge < -0.3 is 14.9 Å². The van der Waals surface area contributed by atoms with Crippen LogP contribution in [0, 0.1) is 5.41 Å². The van der Waals surface area contributed by atoms with Crippen molar-refractivity contribution in [2.45, 2.75) is 64.3 Å².